The van der Waals surface area contributed by atoms with E-state index in [2.05, 4.69) is 11.4 Å². The Bertz CT molecular complexity index is 764. The first-order valence-electron chi connectivity index (χ1n) is 6.91. The van der Waals surface area contributed by atoms with Crippen molar-refractivity contribution in [2.45, 2.75) is 19.3 Å². The maximum Gasteiger partial charge on any atom is 0.262 e. The van der Waals surface area contributed by atoms with Crippen molar-refractivity contribution < 1.29 is 9.53 Å². The maximum atomic E-state index is 12.0. The number of carbonyl (C=O) groups excluding carboxylic acids is 1. The van der Waals surface area contributed by atoms with E-state index >= 15 is 0 Å². The molecule has 1 aromatic heterocycles. The number of benzene rings is 1. The summed E-state index contributed by atoms with van der Waals surface area (Å²) in [4.78, 5) is 13.2. The second-order valence-corrected chi connectivity index (χ2v) is 6.45. The fourth-order valence-corrected chi connectivity index (χ4v) is 3.92. The van der Waals surface area contributed by atoms with Crippen molar-refractivity contribution in [3.63, 3.8) is 0 Å². The van der Waals surface area contributed by atoms with Crippen molar-refractivity contribution in [2.75, 3.05) is 11.9 Å². The number of hydrogen-bond acceptors (Lipinski definition) is 4. The Morgan fingerprint density at radius 2 is 2.23 bits per heavy atom. The molecule has 0 saturated heterocycles. The van der Waals surface area contributed by atoms with Gasteiger partial charge in [0.05, 0.1) is 10.6 Å². The Morgan fingerprint density at radius 1 is 1.41 bits per heavy atom. The third-order valence-electron chi connectivity index (χ3n) is 3.48. The molecule has 6 heteroatoms. The van der Waals surface area contributed by atoms with Gasteiger partial charge in [-0.3, -0.25) is 4.79 Å². The monoisotopic (exact) mass is 332 g/mol. The number of fused-ring (bicyclic) bond motifs is 1. The Morgan fingerprint density at radius 3 is 3.00 bits per heavy atom. The summed E-state index contributed by atoms with van der Waals surface area (Å²) in [7, 11) is 0. The van der Waals surface area contributed by atoms with E-state index in [0.29, 0.717) is 21.3 Å². The lowest BCUT2D eigenvalue weighted by Crippen LogP contribution is -2.20. The summed E-state index contributed by atoms with van der Waals surface area (Å²) >= 11 is 7.46. The number of thiophene rings is 1. The molecule has 2 aromatic rings. The van der Waals surface area contributed by atoms with Crippen LogP contribution in [-0.2, 0) is 17.6 Å². The van der Waals surface area contributed by atoms with Crippen LogP contribution in [0, 0.1) is 11.3 Å². The van der Waals surface area contributed by atoms with Gasteiger partial charge in [0.1, 0.15) is 16.8 Å². The van der Waals surface area contributed by atoms with E-state index in [9.17, 15) is 10.1 Å². The zero-order chi connectivity index (χ0) is 15.5. The Labute approximate surface area is 137 Å². The number of carbonyl (C=O) groups is 1. The molecule has 0 aliphatic heterocycles. The van der Waals surface area contributed by atoms with E-state index in [-0.39, 0.29) is 12.5 Å². The quantitative estimate of drug-likeness (QED) is 0.926. The fraction of sp³-hybridized carbons (Fsp3) is 0.250. The van der Waals surface area contributed by atoms with E-state index in [0.717, 1.165) is 24.8 Å². The number of anilines is 1. The molecular weight excluding hydrogens is 320 g/mol. The summed E-state index contributed by atoms with van der Waals surface area (Å²) in [5.41, 5.74) is 1.69. The number of nitrogens with one attached hydrogen (secondary N) is 1. The van der Waals surface area contributed by atoms with E-state index < -0.39 is 0 Å². The minimum Gasteiger partial charge on any atom is -0.482 e. The minimum absolute atomic E-state index is 0.142. The highest BCUT2D eigenvalue weighted by molar-refractivity contribution is 7.16. The van der Waals surface area contributed by atoms with Crippen LogP contribution in [0.15, 0.2) is 24.3 Å². The van der Waals surface area contributed by atoms with Crippen molar-refractivity contribution in [3.05, 3.63) is 45.3 Å². The molecule has 1 N–H and O–H groups in total. The fourth-order valence-electron chi connectivity index (χ4n) is 2.48. The first kappa shape index (κ1) is 14.9. The summed E-state index contributed by atoms with van der Waals surface area (Å²) in [6.07, 6.45) is 2.99. The third kappa shape index (κ3) is 2.94. The van der Waals surface area contributed by atoms with Gasteiger partial charge in [-0.25, -0.2) is 0 Å². The second-order valence-electron chi connectivity index (χ2n) is 4.94. The third-order valence-corrected chi connectivity index (χ3v) is 5.00. The lowest BCUT2D eigenvalue weighted by atomic mass is 10.1. The number of nitriles is 1. The molecule has 1 aromatic carbocycles. The van der Waals surface area contributed by atoms with Crippen molar-refractivity contribution >= 4 is 33.8 Å². The average molecular weight is 333 g/mol. The molecule has 0 bridgehead atoms. The van der Waals surface area contributed by atoms with Gasteiger partial charge in [0.15, 0.2) is 6.61 Å². The molecule has 1 aliphatic rings. The predicted molar refractivity (Wildman–Crippen MR) is 86.6 cm³/mol. The number of ether oxygens (including phenoxy) is 1. The average Bonchev–Trinajstić information content (AvgIpc) is 3.06. The highest BCUT2D eigenvalue weighted by atomic mass is 35.5. The summed E-state index contributed by atoms with van der Waals surface area (Å²) < 4.78 is 5.40. The van der Waals surface area contributed by atoms with Gasteiger partial charge >= 0.3 is 0 Å². The standard InChI is InChI=1S/C16H13ClN2O2S/c17-12-5-1-2-6-13(12)21-9-15(20)19-16-11(8-18)10-4-3-7-14(10)22-16/h1-2,5-6H,3-4,7,9H2,(H,19,20). The first-order valence-corrected chi connectivity index (χ1v) is 8.10. The number of rotatable bonds is 4. The van der Waals surface area contributed by atoms with Crippen LogP contribution in [0.25, 0.3) is 0 Å². The van der Waals surface area contributed by atoms with Crippen molar-refractivity contribution in [1.82, 2.24) is 0 Å². The smallest absolute Gasteiger partial charge is 0.262 e. The van der Waals surface area contributed by atoms with Crippen LogP contribution in [0.2, 0.25) is 5.02 Å². The molecule has 0 fully saturated rings. The second kappa shape index (κ2) is 6.39. The maximum absolute atomic E-state index is 12.0. The summed E-state index contributed by atoms with van der Waals surface area (Å²) in [6.45, 7) is -0.142. The van der Waals surface area contributed by atoms with Crippen LogP contribution in [-0.4, -0.2) is 12.5 Å². The first-order chi connectivity index (χ1) is 10.7. The lowest BCUT2D eigenvalue weighted by molar-refractivity contribution is -0.118. The van der Waals surface area contributed by atoms with Crippen LogP contribution in [0.3, 0.4) is 0 Å². The Hall–Kier alpha value is -2.03. The van der Waals surface area contributed by atoms with Crippen LogP contribution < -0.4 is 10.1 Å². The van der Waals surface area contributed by atoms with E-state index in [1.807, 2.05) is 0 Å². The van der Waals surface area contributed by atoms with Gasteiger partial charge < -0.3 is 10.1 Å². The SMILES string of the molecule is N#Cc1c(NC(=O)COc2ccccc2Cl)sc2c1CCC2. The predicted octanol–water partition coefficient (Wildman–Crippen LogP) is 3.78. The van der Waals surface area contributed by atoms with Crippen molar-refractivity contribution in [2.24, 2.45) is 0 Å². The molecule has 0 spiro atoms. The molecular formula is C16H13ClN2O2S. The normalized spacial score (nSPS) is 12.5. The Kier molecular flexibility index (Phi) is 4.32. The zero-order valence-electron chi connectivity index (χ0n) is 11.7. The molecule has 4 nitrogen and oxygen atoms in total. The molecule has 1 amide bonds. The van der Waals surface area contributed by atoms with Gasteiger partial charge in [-0.05, 0) is 37.0 Å². The molecule has 0 saturated carbocycles. The van der Waals surface area contributed by atoms with E-state index in [1.165, 1.54) is 16.2 Å². The summed E-state index contributed by atoms with van der Waals surface area (Å²) in [6, 6.07) is 9.18. The number of amides is 1. The summed E-state index contributed by atoms with van der Waals surface area (Å²) in [5, 5.41) is 13.1. The van der Waals surface area contributed by atoms with Gasteiger partial charge in [0, 0.05) is 4.88 Å². The lowest BCUT2D eigenvalue weighted by Gasteiger charge is -2.08. The molecule has 0 atom stereocenters. The molecule has 22 heavy (non-hydrogen) atoms. The number of halogens is 1. The zero-order valence-corrected chi connectivity index (χ0v) is 13.3. The highest BCUT2D eigenvalue weighted by Gasteiger charge is 2.23. The topological polar surface area (TPSA) is 62.1 Å². The molecule has 1 heterocycles. The van der Waals surface area contributed by atoms with E-state index in [4.69, 9.17) is 16.3 Å². The van der Waals surface area contributed by atoms with Crippen LogP contribution in [0.1, 0.15) is 22.4 Å². The van der Waals surface area contributed by atoms with Gasteiger partial charge in [0.25, 0.3) is 5.91 Å². The molecule has 0 radical (unpaired) electrons. The molecule has 112 valence electrons. The minimum atomic E-state index is -0.295. The number of aryl methyl sites for hydroxylation is 1. The van der Waals surface area contributed by atoms with Crippen molar-refractivity contribution in [3.8, 4) is 11.8 Å². The molecule has 0 unspecified atom stereocenters. The highest BCUT2D eigenvalue weighted by Crippen LogP contribution is 2.38. The van der Waals surface area contributed by atoms with Gasteiger partial charge in [-0.2, -0.15) is 5.26 Å². The van der Waals surface area contributed by atoms with Crippen LogP contribution >= 0.6 is 22.9 Å². The summed E-state index contributed by atoms with van der Waals surface area (Å²) in [5.74, 6) is 0.171. The number of hydrogen-bond donors (Lipinski definition) is 1. The number of nitrogens with zero attached hydrogens (tertiary/aromatic N) is 1. The van der Waals surface area contributed by atoms with Crippen LogP contribution in [0.4, 0.5) is 5.00 Å². The van der Waals surface area contributed by atoms with E-state index in [1.54, 1.807) is 24.3 Å². The molecule has 3 rings (SSSR count). The van der Waals surface area contributed by atoms with Gasteiger partial charge in [-0.1, -0.05) is 23.7 Å². The number of para-hydroxylation sites is 1. The molecule has 1 aliphatic carbocycles. The largest absolute Gasteiger partial charge is 0.482 e. The Balaban J connectivity index is 1.66. The van der Waals surface area contributed by atoms with Gasteiger partial charge in [-0.15, -0.1) is 11.3 Å². The van der Waals surface area contributed by atoms with Crippen molar-refractivity contribution in [1.29, 1.82) is 5.26 Å². The van der Waals surface area contributed by atoms with Crippen LogP contribution in [0.5, 0.6) is 5.75 Å². The van der Waals surface area contributed by atoms with Gasteiger partial charge in [0.2, 0.25) is 0 Å².